The number of rotatable bonds is 0. The molecule has 0 unspecified atom stereocenters. The molecule has 0 saturated heterocycles. The topological polar surface area (TPSA) is 0 Å². The molecule has 0 aliphatic heterocycles. The zero-order valence-corrected chi connectivity index (χ0v) is 17.2. The number of fused-ring (bicyclic) bond motifs is 4. The lowest BCUT2D eigenvalue weighted by Crippen LogP contribution is -2.51. The van der Waals surface area contributed by atoms with E-state index < -0.39 is 0 Å². The molecule has 0 spiro atoms. The summed E-state index contributed by atoms with van der Waals surface area (Å²) >= 11 is 0. The van der Waals surface area contributed by atoms with Crippen molar-refractivity contribution in [3.63, 3.8) is 0 Å². The molecule has 0 fully saturated rings. The van der Waals surface area contributed by atoms with Crippen LogP contribution in [0, 0.1) is 10.8 Å². The van der Waals surface area contributed by atoms with Crippen molar-refractivity contribution in [1.82, 2.24) is 0 Å². The normalized spacial score (nSPS) is 27.8. The van der Waals surface area contributed by atoms with Crippen LogP contribution in [0.1, 0.15) is 13.8 Å². The summed E-state index contributed by atoms with van der Waals surface area (Å²) in [7, 11) is 0. The molecule has 4 aliphatic rings. The summed E-state index contributed by atoms with van der Waals surface area (Å²) < 4.78 is 0. The maximum Gasteiger partial charge on any atom is 0.0315 e. The molecule has 4 aliphatic carbocycles. The van der Waals surface area contributed by atoms with Crippen LogP contribution >= 0.6 is 0 Å². The molecule has 0 heterocycles. The van der Waals surface area contributed by atoms with E-state index >= 15 is 0 Å². The van der Waals surface area contributed by atoms with Crippen LogP contribution in [-0.4, -0.2) is 0 Å². The SMILES string of the molecule is C[C@]12C3=CC=CC1=CC=C1C=c4cc5ccc6ccccc6c5cc4=C(C=C3)[C@@]12C. The Morgan fingerprint density at radius 3 is 2.37 bits per heavy atom. The van der Waals surface area contributed by atoms with Gasteiger partial charge in [0.25, 0.3) is 0 Å². The van der Waals surface area contributed by atoms with Gasteiger partial charge < -0.3 is 0 Å². The van der Waals surface area contributed by atoms with Gasteiger partial charge in [-0.3, -0.25) is 0 Å². The van der Waals surface area contributed by atoms with E-state index in [-0.39, 0.29) is 10.8 Å². The smallest absolute Gasteiger partial charge is 0.0315 e. The predicted octanol–water partition coefficient (Wildman–Crippen LogP) is 5.88. The molecule has 142 valence electrons. The van der Waals surface area contributed by atoms with Crippen molar-refractivity contribution >= 4 is 33.2 Å². The summed E-state index contributed by atoms with van der Waals surface area (Å²) in [5.41, 5.74) is 5.60. The van der Waals surface area contributed by atoms with Crippen LogP contribution in [0.25, 0.3) is 33.2 Å². The third-order valence-electron chi connectivity index (χ3n) is 8.21. The number of hydrogen-bond donors (Lipinski definition) is 0. The van der Waals surface area contributed by atoms with Crippen LogP contribution in [0.2, 0.25) is 0 Å². The molecule has 0 amide bonds. The van der Waals surface area contributed by atoms with Crippen LogP contribution in [0.3, 0.4) is 0 Å². The highest BCUT2D eigenvalue weighted by molar-refractivity contribution is 6.07. The van der Waals surface area contributed by atoms with E-state index in [1.54, 1.807) is 0 Å². The number of hydrogen-bond acceptors (Lipinski definition) is 0. The molecule has 0 N–H and O–H groups in total. The van der Waals surface area contributed by atoms with Gasteiger partial charge in [0, 0.05) is 10.8 Å². The van der Waals surface area contributed by atoms with Gasteiger partial charge in [0.15, 0.2) is 0 Å². The minimum absolute atomic E-state index is 0.0299. The van der Waals surface area contributed by atoms with Crippen molar-refractivity contribution in [2.24, 2.45) is 10.8 Å². The van der Waals surface area contributed by atoms with Crippen LogP contribution in [0.15, 0.2) is 108 Å². The molecule has 0 radical (unpaired) electrons. The molecule has 0 heteroatoms. The third kappa shape index (κ3) is 1.71. The Morgan fingerprint density at radius 2 is 1.43 bits per heavy atom. The maximum absolute atomic E-state index is 2.45. The molecule has 30 heavy (non-hydrogen) atoms. The van der Waals surface area contributed by atoms with E-state index in [4.69, 9.17) is 0 Å². The quantitative estimate of drug-likeness (QED) is 0.426. The average molecular weight is 383 g/mol. The Labute approximate surface area is 176 Å². The average Bonchev–Trinajstić information content (AvgIpc) is 2.76. The van der Waals surface area contributed by atoms with Crippen molar-refractivity contribution in [1.29, 1.82) is 0 Å². The summed E-state index contributed by atoms with van der Waals surface area (Å²) in [5.74, 6) is 0. The minimum Gasteiger partial charge on any atom is -0.0617 e. The van der Waals surface area contributed by atoms with E-state index in [9.17, 15) is 0 Å². The lowest BCUT2D eigenvalue weighted by atomic mass is 9.47. The summed E-state index contributed by atoms with van der Waals surface area (Å²) in [6.45, 7) is 4.88. The zero-order chi connectivity index (χ0) is 20.1. The van der Waals surface area contributed by atoms with Gasteiger partial charge in [-0.25, -0.2) is 0 Å². The molecule has 3 aromatic rings. The van der Waals surface area contributed by atoms with Gasteiger partial charge >= 0.3 is 0 Å². The predicted molar refractivity (Wildman–Crippen MR) is 127 cm³/mol. The summed E-state index contributed by atoms with van der Waals surface area (Å²) in [6.07, 6.45) is 18.6. The largest absolute Gasteiger partial charge is 0.0617 e. The maximum atomic E-state index is 2.45. The molecule has 0 nitrogen and oxygen atoms in total. The molecule has 0 bridgehead atoms. The van der Waals surface area contributed by atoms with Gasteiger partial charge in [0.1, 0.15) is 0 Å². The molecule has 3 aromatic carbocycles. The van der Waals surface area contributed by atoms with Crippen molar-refractivity contribution < 1.29 is 0 Å². The standard InChI is InChI=1S/C30H22/c1-29-22-7-5-8-23(29)14-15-28-27-18-26-20(11-10-19-6-3-4-9-25(19)26)16-21(27)17-24(13-12-22)30(28,29)2/h3-18H,1-2H3/t29-,30-/m1/s1. The second-order valence-electron chi connectivity index (χ2n) is 9.31. The molecule has 0 aromatic heterocycles. The second-order valence-corrected chi connectivity index (χ2v) is 9.31. The van der Waals surface area contributed by atoms with Gasteiger partial charge in [-0.15, -0.1) is 0 Å². The van der Waals surface area contributed by atoms with Gasteiger partial charge in [-0.05, 0) is 66.4 Å². The highest BCUT2D eigenvalue weighted by Crippen LogP contribution is 2.64. The summed E-state index contributed by atoms with van der Waals surface area (Å²) in [4.78, 5) is 0. The summed E-state index contributed by atoms with van der Waals surface area (Å²) in [6, 6.07) is 18.1. The van der Waals surface area contributed by atoms with E-state index in [2.05, 4.69) is 111 Å². The number of allylic oxidation sites excluding steroid dienone is 10. The van der Waals surface area contributed by atoms with E-state index in [0.717, 1.165) is 0 Å². The monoisotopic (exact) mass is 382 g/mol. The van der Waals surface area contributed by atoms with Crippen LogP contribution in [-0.2, 0) is 0 Å². The molecule has 7 rings (SSSR count). The van der Waals surface area contributed by atoms with Crippen molar-refractivity contribution in [3.8, 4) is 0 Å². The number of benzene rings is 3. The van der Waals surface area contributed by atoms with Gasteiger partial charge in [-0.2, -0.15) is 0 Å². The Hall–Kier alpha value is -3.38. The lowest BCUT2D eigenvalue weighted by molar-refractivity contribution is 0.279. The van der Waals surface area contributed by atoms with E-state index in [1.165, 1.54) is 54.3 Å². The van der Waals surface area contributed by atoms with E-state index in [1.807, 2.05) is 0 Å². The second kappa shape index (κ2) is 5.21. The summed E-state index contributed by atoms with van der Waals surface area (Å²) in [5, 5.41) is 8.01. The van der Waals surface area contributed by atoms with Crippen LogP contribution < -0.4 is 10.4 Å². The van der Waals surface area contributed by atoms with Gasteiger partial charge in [0.2, 0.25) is 0 Å². The van der Waals surface area contributed by atoms with Crippen molar-refractivity contribution in [2.75, 3.05) is 0 Å². The Bertz CT molecular complexity index is 1600. The van der Waals surface area contributed by atoms with Crippen molar-refractivity contribution in [2.45, 2.75) is 13.8 Å². The zero-order valence-electron chi connectivity index (χ0n) is 17.2. The van der Waals surface area contributed by atoms with Crippen LogP contribution in [0.5, 0.6) is 0 Å². The Kier molecular flexibility index (Phi) is 2.85. The molecule has 2 atom stereocenters. The Morgan fingerprint density at radius 1 is 0.633 bits per heavy atom. The first-order valence-corrected chi connectivity index (χ1v) is 10.8. The third-order valence-corrected chi connectivity index (χ3v) is 8.21. The highest BCUT2D eigenvalue weighted by atomic mass is 14.6. The fourth-order valence-corrected chi connectivity index (χ4v) is 6.32. The minimum atomic E-state index is -0.0618. The van der Waals surface area contributed by atoms with Gasteiger partial charge in [-0.1, -0.05) is 98.9 Å². The lowest BCUT2D eigenvalue weighted by Gasteiger charge is -2.55. The first-order valence-electron chi connectivity index (χ1n) is 10.8. The van der Waals surface area contributed by atoms with E-state index in [0.29, 0.717) is 0 Å². The van der Waals surface area contributed by atoms with Crippen molar-refractivity contribution in [3.05, 3.63) is 118 Å². The fraction of sp³-hybridized carbons (Fsp3) is 0.133. The molecule has 0 saturated carbocycles. The molecular weight excluding hydrogens is 360 g/mol. The molecular formula is C30H22. The first-order chi connectivity index (χ1) is 14.6. The van der Waals surface area contributed by atoms with Gasteiger partial charge in [0.05, 0.1) is 0 Å². The fourth-order valence-electron chi connectivity index (χ4n) is 6.32. The Balaban J connectivity index is 1.69. The first kappa shape index (κ1) is 16.4. The van der Waals surface area contributed by atoms with Crippen LogP contribution in [0.4, 0.5) is 0 Å². The highest BCUT2D eigenvalue weighted by Gasteiger charge is 2.55.